The van der Waals surface area contributed by atoms with Gasteiger partial charge in [0.15, 0.2) is 5.17 Å². The lowest BCUT2D eigenvalue weighted by Gasteiger charge is -2.32. The number of methoxy groups -OCH3 is 1. The molecule has 2 amide bonds. The Labute approximate surface area is 230 Å². The van der Waals surface area contributed by atoms with Crippen LogP contribution in [0.3, 0.4) is 0 Å². The molecule has 0 bridgehead atoms. The number of carbonyl (C=O) groups is 3. The monoisotopic (exact) mass is 551 g/mol. The average molecular weight is 552 g/mol. The largest absolute Gasteiger partial charge is 0.497 e. The van der Waals surface area contributed by atoms with E-state index in [1.165, 1.54) is 11.8 Å². The normalized spacial score (nSPS) is 16.3. The number of aliphatic imine (C=N–C) groups is 1. The molecule has 1 saturated heterocycles. The van der Waals surface area contributed by atoms with E-state index in [4.69, 9.17) is 21.1 Å². The van der Waals surface area contributed by atoms with Crippen LogP contribution in [0.2, 0.25) is 5.02 Å². The van der Waals surface area contributed by atoms with Crippen molar-refractivity contribution < 1.29 is 23.9 Å². The zero-order chi connectivity index (χ0) is 27.1. The molecule has 0 aliphatic carbocycles. The molecule has 1 heterocycles. The number of rotatable bonds is 8. The number of nitrogens with one attached hydrogen (secondary N) is 1. The molecule has 1 atom stereocenters. The first kappa shape index (κ1) is 27.2. The minimum absolute atomic E-state index is 0.00211. The third-order valence-electron chi connectivity index (χ3n) is 5.63. The highest BCUT2D eigenvalue weighted by Gasteiger charge is 2.36. The van der Waals surface area contributed by atoms with E-state index in [9.17, 15) is 14.4 Å². The van der Waals surface area contributed by atoms with Crippen LogP contribution in [0.1, 0.15) is 29.3 Å². The van der Waals surface area contributed by atoms with Gasteiger partial charge in [-0.15, -0.1) is 0 Å². The molecule has 0 spiro atoms. The number of thioether (sulfide) groups is 1. The summed E-state index contributed by atoms with van der Waals surface area (Å²) in [6.07, 6.45) is 0.00211. The first-order chi connectivity index (χ1) is 18.4. The Morgan fingerprint density at radius 1 is 1.11 bits per heavy atom. The molecule has 1 aliphatic heterocycles. The van der Waals surface area contributed by atoms with Gasteiger partial charge in [0.05, 0.1) is 31.5 Å². The van der Waals surface area contributed by atoms with Gasteiger partial charge in [0.2, 0.25) is 11.8 Å². The first-order valence-electron chi connectivity index (χ1n) is 11.9. The number of hydrogen-bond acceptors (Lipinski definition) is 7. The Bertz CT molecular complexity index is 1350. The molecular weight excluding hydrogens is 526 g/mol. The molecule has 3 aromatic rings. The van der Waals surface area contributed by atoms with Gasteiger partial charge in [-0.05, 0) is 67.1 Å². The maximum atomic E-state index is 13.3. The number of esters is 1. The maximum absolute atomic E-state index is 13.3. The molecule has 1 aliphatic rings. The van der Waals surface area contributed by atoms with Crippen LogP contribution in [-0.2, 0) is 20.9 Å². The Morgan fingerprint density at radius 2 is 1.84 bits per heavy atom. The molecule has 1 fully saturated rings. The van der Waals surface area contributed by atoms with Crippen LogP contribution in [0, 0.1) is 0 Å². The number of halogens is 1. The van der Waals surface area contributed by atoms with Gasteiger partial charge in [0, 0.05) is 17.1 Å². The number of amidine groups is 1. The van der Waals surface area contributed by atoms with E-state index in [2.05, 4.69) is 10.3 Å². The summed E-state index contributed by atoms with van der Waals surface area (Å²) in [6, 6.07) is 20.8. The van der Waals surface area contributed by atoms with Crippen LogP contribution in [0.5, 0.6) is 5.75 Å². The third kappa shape index (κ3) is 6.93. The highest BCUT2D eigenvalue weighted by Crippen LogP contribution is 2.32. The Kier molecular flexibility index (Phi) is 9.04. The van der Waals surface area contributed by atoms with Crippen molar-refractivity contribution in [3.8, 4) is 5.75 Å². The smallest absolute Gasteiger partial charge is 0.338 e. The summed E-state index contributed by atoms with van der Waals surface area (Å²) >= 11 is 7.36. The van der Waals surface area contributed by atoms with E-state index in [1.54, 1.807) is 67.5 Å². The van der Waals surface area contributed by atoms with Crippen molar-refractivity contribution in [2.75, 3.05) is 19.0 Å². The maximum Gasteiger partial charge on any atom is 0.338 e. The highest BCUT2D eigenvalue weighted by atomic mass is 35.5. The molecule has 4 rings (SSSR count). The van der Waals surface area contributed by atoms with Crippen LogP contribution in [0.4, 0.5) is 11.4 Å². The number of nitrogens with zero attached hydrogens (tertiary/aromatic N) is 2. The molecule has 38 heavy (non-hydrogen) atoms. The van der Waals surface area contributed by atoms with Crippen molar-refractivity contribution in [3.05, 3.63) is 88.9 Å². The third-order valence-corrected chi connectivity index (χ3v) is 7.05. The second-order valence-electron chi connectivity index (χ2n) is 8.30. The summed E-state index contributed by atoms with van der Waals surface area (Å²) in [5, 5.41) is 3.05. The molecule has 3 aromatic carbocycles. The number of amides is 2. The van der Waals surface area contributed by atoms with Crippen molar-refractivity contribution >= 4 is 57.7 Å². The van der Waals surface area contributed by atoms with Crippen molar-refractivity contribution in [1.82, 2.24) is 4.90 Å². The van der Waals surface area contributed by atoms with Crippen LogP contribution in [0.15, 0.2) is 77.8 Å². The summed E-state index contributed by atoms with van der Waals surface area (Å²) < 4.78 is 10.2. The fraction of sp³-hybridized carbons (Fsp3) is 0.214. The van der Waals surface area contributed by atoms with Gasteiger partial charge in [-0.3, -0.25) is 14.5 Å². The van der Waals surface area contributed by atoms with Gasteiger partial charge in [0.25, 0.3) is 0 Å². The summed E-state index contributed by atoms with van der Waals surface area (Å²) in [4.78, 5) is 44.6. The molecule has 0 aromatic heterocycles. The zero-order valence-electron chi connectivity index (χ0n) is 20.8. The fourth-order valence-corrected chi connectivity index (χ4v) is 4.98. The average Bonchev–Trinajstić information content (AvgIpc) is 2.91. The van der Waals surface area contributed by atoms with Crippen molar-refractivity contribution in [3.63, 3.8) is 0 Å². The summed E-state index contributed by atoms with van der Waals surface area (Å²) in [5.74, 6) is -0.279. The number of ether oxygens (including phenoxy) is 2. The number of benzene rings is 3. The van der Waals surface area contributed by atoms with Gasteiger partial charge in [-0.1, -0.05) is 41.6 Å². The van der Waals surface area contributed by atoms with Gasteiger partial charge in [-0.25, -0.2) is 9.79 Å². The topological polar surface area (TPSA) is 97.3 Å². The highest BCUT2D eigenvalue weighted by molar-refractivity contribution is 8.15. The standard InChI is InChI=1S/C28H26ClN3O5S/c1-3-37-27(35)19-9-11-21(12-10-19)30-26(34)24-16-25(33)32(17-18-7-13-23(36-2)14-8-18)28(38-24)31-22-6-4-5-20(29)15-22/h4-15,24H,3,16-17H2,1-2H3,(H,30,34). The zero-order valence-corrected chi connectivity index (χ0v) is 22.4. The van der Waals surface area contributed by atoms with E-state index in [0.717, 1.165) is 5.56 Å². The van der Waals surface area contributed by atoms with Crippen molar-refractivity contribution in [2.45, 2.75) is 25.1 Å². The second kappa shape index (κ2) is 12.6. The molecule has 196 valence electrons. The lowest BCUT2D eigenvalue weighted by molar-refractivity contribution is -0.129. The quantitative estimate of drug-likeness (QED) is 0.361. The second-order valence-corrected chi connectivity index (χ2v) is 9.91. The number of carbonyl (C=O) groups excluding carboxylic acids is 3. The number of anilines is 1. The van der Waals surface area contributed by atoms with Crippen LogP contribution >= 0.6 is 23.4 Å². The van der Waals surface area contributed by atoms with Crippen molar-refractivity contribution in [2.24, 2.45) is 4.99 Å². The molecule has 0 radical (unpaired) electrons. The lowest BCUT2D eigenvalue weighted by atomic mass is 10.1. The van der Waals surface area contributed by atoms with E-state index < -0.39 is 11.2 Å². The number of hydrogen-bond donors (Lipinski definition) is 1. The van der Waals surface area contributed by atoms with Crippen LogP contribution in [0.25, 0.3) is 0 Å². The lowest BCUT2D eigenvalue weighted by Crippen LogP contribution is -2.44. The van der Waals surface area contributed by atoms with E-state index in [1.807, 2.05) is 24.3 Å². The van der Waals surface area contributed by atoms with Crippen molar-refractivity contribution in [1.29, 1.82) is 0 Å². The minimum atomic E-state index is -0.697. The van der Waals surface area contributed by atoms with E-state index in [-0.39, 0.29) is 24.8 Å². The molecule has 1 unspecified atom stereocenters. The van der Waals surface area contributed by atoms with E-state index in [0.29, 0.717) is 39.4 Å². The van der Waals surface area contributed by atoms with Gasteiger partial charge >= 0.3 is 5.97 Å². The SMILES string of the molecule is CCOC(=O)c1ccc(NC(=O)C2CC(=O)N(Cc3ccc(OC)cc3)C(=Nc3cccc(Cl)c3)S2)cc1. The Balaban J connectivity index is 1.54. The summed E-state index contributed by atoms with van der Waals surface area (Å²) in [7, 11) is 1.59. The predicted molar refractivity (Wildman–Crippen MR) is 149 cm³/mol. The molecular formula is C28H26ClN3O5S. The van der Waals surface area contributed by atoms with Gasteiger partial charge in [-0.2, -0.15) is 0 Å². The van der Waals surface area contributed by atoms with Gasteiger partial charge < -0.3 is 14.8 Å². The van der Waals surface area contributed by atoms with Gasteiger partial charge in [0.1, 0.15) is 11.0 Å². The Hall–Kier alpha value is -3.82. The van der Waals surface area contributed by atoms with Crippen LogP contribution in [-0.4, -0.2) is 46.8 Å². The van der Waals surface area contributed by atoms with Crippen LogP contribution < -0.4 is 10.1 Å². The Morgan fingerprint density at radius 3 is 2.50 bits per heavy atom. The molecule has 1 N–H and O–H groups in total. The summed E-state index contributed by atoms with van der Waals surface area (Å²) in [6.45, 7) is 2.30. The molecule has 0 saturated carbocycles. The predicted octanol–water partition coefficient (Wildman–Crippen LogP) is 5.69. The molecule has 10 heteroatoms. The van der Waals surface area contributed by atoms with E-state index >= 15 is 0 Å². The first-order valence-corrected chi connectivity index (χ1v) is 13.1. The fourth-order valence-electron chi connectivity index (χ4n) is 3.69. The minimum Gasteiger partial charge on any atom is -0.497 e. The molecule has 8 nitrogen and oxygen atoms in total. The summed E-state index contributed by atoms with van der Waals surface area (Å²) in [5.41, 5.74) is 2.36.